The third kappa shape index (κ3) is 2.64. The highest BCUT2D eigenvalue weighted by molar-refractivity contribution is 9.11. The summed E-state index contributed by atoms with van der Waals surface area (Å²) < 4.78 is 7.11. The van der Waals surface area contributed by atoms with Gasteiger partial charge in [0.15, 0.2) is 0 Å². The quantitative estimate of drug-likeness (QED) is 0.740. The summed E-state index contributed by atoms with van der Waals surface area (Å²) in [6.45, 7) is 0. The van der Waals surface area contributed by atoms with Crippen LogP contribution in [0.25, 0.3) is 11.1 Å². The van der Waals surface area contributed by atoms with Gasteiger partial charge in [0, 0.05) is 28.0 Å². The van der Waals surface area contributed by atoms with Crippen molar-refractivity contribution in [2.45, 2.75) is 0 Å². The van der Waals surface area contributed by atoms with E-state index in [1.54, 1.807) is 19.5 Å². The lowest BCUT2D eigenvalue weighted by Crippen LogP contribution is -1.88. The Morgan fingerprint density at radius 1 is 1.18 bits per heavy atom. The summed E-state index contributed by atoms with van der Waals surface area (Å²) in [6.07, 6.45) is 3.33. The van der Waals surface area contributed by atoms with Crippen molar-refractivity contribution in [3.05, 3.63) is 44.6 Å². The molecule has 5 heteroatoms. The molecule has 0 N–H and O–H groups in total. The average Bonchev–Trinajstić information content (AvgIpc) is 2.31. The van der Waals surface area contributed by atoms with Crippen LogP contribution >= 0.6 is 43.5 Å². The van der Waals surface area contributed by atoms with E-state index in [0.29, 0.717) is 5.02 Å². The van der Waals surface area contributed by atoms with E-state index in [1.165, 1.54) is 0 Å². The number of hydrogen-bond donors (Lipinski definition) is 0. The molecule has 0 amide bonds. The molecule has 88 valence electrons. The number of aromatic nitrogens is 1. The fourth-order valence-electron chi connectivity index (χ4n) is 1.49. The van der Waals surface area contributed by atoms with Crippen LogP contribution in [0.2, 0.25) is 5.02 Å². The molecule has 0 aliphatic carbocycles. The van der Waals surface area contributed by atoms with E-state index in [-0.39, 0.29) is 0 Å². The van der Waals surface area contributed by atoms with Crippen molar-refractivity contribution >= 4 is 43.5 Å². The molecule has 1 heterocycles. The Kier molecular flexibility index (Phi) is 4.07. The third-order valence-electron chi connectivity index (χ3n) is 2.30. The summed E-state index contributed by atoms with van der Waals surface area (Å²) in [5, 5.41) is 0.609. The molecule has 0 atom stereocenters. The Morgan fingerprint density at radius 2 is 1.94 bits per heavy atom. The molecular formula is C12H8Br2ClNO. The summed E-state index contributed by atoms with van der Waals surface area (Å²) in [6, 6.07) is 5.73. The van der Waals surface area contributed by atoms with Gasteiger partial charge < -0.3 is 4.74 Å². The van der Waals surface area contributed by atoms with Crippen molar-refractivity contribution in [1.82, 2.24) is 4.98 Å². The fourth-order valence-corrected chi connectivity index (χ4v) is 3.08. The number of halogens is 3. The number of hydrogen-bond acceptors (Lipinski definition) is 2. The second-order valence-corrected chi connectivity index (χ2v) is 5.44. The van der Waals surface area contributed by atoms with Gasteiger partial charge in [0.2, 0.25) is 0 Å². The molecule has 2 nitrogen and oxygen atoms in total. The fraction of sp³-hybridized carbons (Fsp3) is 0.0833. The SMILES string of the molecule is COc1cc(-c2ccncc2Cl)c(Br)cc1Br. The van der Waals surface area contributed by atoms with Crippen molar-refractivity contribution in [2.75, 3.05) is 7.11 Å². The molecule has 0 saturated heterocycles. The highest BCUT2D eigenvalue weighted by Gasteiger charge is 2.11. The number of methoxy groups -OCH3 is 1. The molecule has 0 fully saturated rings. The molecule has 2 aromatic rings. The van der Waals surface area contributed by atoms with Gasteiger partial charge >= 0.3 is 0 Å². The predicted molar refractivity (Wildman–Crippen MR) is 76.6 cm³/mol. The molecule has 1 aromatic carbocycles. The Hall–Kier alpha value is -0.580. The second-order valence-electron chi connectivity index (χ2n) is 3.32. The number of nitrogens with zero attached hydrogens (tertiary/aromatic N) is 1. The van der Waals surface area contributed by atoms with Crippen LogP contribution in [0.4, 0.5) is 0 Å². The average molecular weight is 377 g/mol. The summed E-state index contributed by atoms with van der Waals surface area (Å²) >= 11 is 13.1. The van der Waals surface area contributed by atoms with Gasteiger partial charge in [-0.2, -0.15) is 0 Å². The summed E-state index contributed by atoms with van der Waals surface area (Å²) in [5.41, 5.74) is 1.89. The molecule has 1 aromatic heterocycles. The maximum Gasteiger partial charge on any atom is 0.133 e. The van der Waals surface area contributed by atoms with Gasteiger partial charge in [0.1, 0.15) is 5.75 Å². The summed E-state index contributed by atoms with van der Waals surface area (Å²) in [4.78, 5) is 3.97. The first-order valence-corrected chi connectivity index (χ1v) is 6.73. The highest BCUT2D eigenvalue weighted by atomic mass is 79.9. The predicted octanol–water partition coefficient (Wildman–Crippen LogP) is 4.94. The first-order valence-electron chi connectivity index (χ1n) is 4.76. The molecule has 0 spiro atoms. The van der Waals surface area contributed by atoms with Crippen LogP contribution in [-0.4, -0.2) is 12.1 Å². The minimum absolute atomic E-state index is 0.609. The van der Waals surface area contributed by atoms with Gasteiger partial charge in [-0.1, -0.05) is 27.5 Å². The monoisotopic (exact) mass is 375 g/mol. The topological polar surface area (TPSA) is 22.1 Å². The van der Waals surface area contributed by atoms with E-state index in [9.17, 15) is 0 Å². The Morgan fingerprint density at radius 3 is 2.59 bits per heavy atom. The standard InChI is InChI=1S/C12H8Br2ClNO/c1-17-12-4-8(9(13)5-10(12)14)7-2-3-16-6-11(7)15/h2-6H,1H3. The van der Waals surface area contributed by atoms with E-state index in [0.717, 1.165) is 25.8 Å². The minimum atomic E-state index is 0.609. The first-order chi connectivity index (χ1) is 8.13. The van der Waals surface area contributed by atoms with Crippen LogP contribution in [-0.2, 0) is 0 Å². The van der Waals surface area contributed by atoms with Crippen molar-refractivity contribution in [1.29, 1.82) is 0 Å². The third-order valence-corrected chi connectivity index (χ3v) is 3.88. The van der Waals surface area contributed by atoms with E-state index in [2.05, 4.69) is 36.8 Å². The van der Waals surface area contributed by atoms with Gasteiger partial charge in [-0.3, -0.25) is 4.98 Å². The van der Waals surface area contributed by atoms with Crippen LogP contribution in [0.3, 0.4) is 0 Å². The van der Waals surface area contributed by atoms with Crippen LogP contribution in [0.5, 0.6) is 5.75 Å². The largest absolute Gasteiger partial charge is 0.496 e. The molecule has 0 unspecified atom stereocenters. The van der Waals surface area contributed by atoms with Crippen molar-refractivity contribution in [2.24, 2.45) is 0 Å². The zero-order chi connectivity index (χ0) is 12.4. The molecule has 0 bridgehead atoms. The minimum Gasteiger partial charge on any atom is -0.496 e. The normalized spacial score (nSPS) is 10.4. The van der Waals surface area contributed by atoms with Gasteiger partial charge in [-0.25, -0.2) is 0 Å². The van der Waals surface area contributed by atoms with E-state index >= 15 is 0 Å². The van der Waals surface area contributed by atoms with Gasteiger partial charge in [0.05, 0.1) is 16.6 Å². The number of rotatable bonds is 2. The second kappa shape index (κ2) is 5.38. The molecule has 0 aliphatic rings. The zero-order valence-corrected chi connectivity index (χ0v) is 12.8. The lowest BCUT2D eigenvalue weighted by atomic mass is 10.1. The zero-order valence-electron chi connectivity index (χ0n) is 8.88. The van der Waals surface area contributed by atoms with E-state index < -0.39 is 0 Å². The Balaban J connectivity index is 2.64. The molecule has 17 heavy (non-hydrogen) atoms. The van der Waals surface area contributed by atoms with E-state index in [4.69, 9.17) is 16.3 Å². The van der Waals surface area contributed by atoms with Crippen LogP contribution in [0, 0.1) is 0 Å². The maximum absolute atomic E-state index is 6.13. The van der Waals surface area contributed by atoms with Crippen LogP contribution in [0.1, 0.15) is 0 Å². The van der Waals surface area contributed by atoms with Crippen molar-refractivity contribution in [3.63, 3.8) is 0 Å². The molecule has 0 saturated carbocycles. The first kappa shape index (κ1) is 12.9. The molecule has 2 rings (SSSR count). The van der Waals surface area contributed by atoms with E-state index in [1.807, 2.05) is 18.2 Å². The Labute approximate surface area is 121 Å². The summed E-state index contributed by atoms with van der Waals surface area (Å²) in [7, 11) is 1.63. The van der Waals surface area contributed by atoms with Gasteiger partial charge in [-0.15, -0.1) is 0 Å². The maximum atomic E-state index is 6.13. The molecule has 0 aliphatic heterocycles. The van der Waals surface area contributed by atoms with Crippen molar-refractivity contribution < 1.29 is 4.74 Å². The number of pyridine rings is 1. The number of ether oxygens (including phenoxy) is 1. The lowest BCUT2D eigenvalue weighted by molar-refractivity contribution is 0.412. The Bertz CT molecular complexity index is 560. The lowest BCUT2D eigenvalue weighted by Gasteiger charge is -2.10. The van der Waals surface area contributed by atoms with Crippen LogP contribution < -0.4 is 4.74 Å². The van der Waals surface area contributed by atoms with Gasteiger partial charge in [0.25, 0.3) is 0 Å². The highest BCUT2D eigenvalue weighted by Crippen LogP contribution is 2.39. The smallest absolute Gasteiger partial charge is 0.133 e. The van der Waals surface area contributed by atoms with Crippen LogP contribution in [0.15, 0.2) is 39.5 Å². The molecular weight excluding hydrogens is 369 g/mol. The number of benzene rings is 1. The summed E-state index contributed by atoms with van der Waals surface area (Å²) in [5.74, 6) is 0.760. The van der Waals surface area contributed by atoms with Gasteiger partial charge in [-0.05, 0) is 34.1 Å². The molecule has 0 radical (unpaired) electrons. The van der Waals surface area contributed by atoms with Crippen molar-refractivity contribution in [3.8, 4) is 16.9 Å².